The molecule has 0 aromatic heterocycles. The molecule has 0 N–H and O–H groups in total. The van der Waals surface area contributed by atoms with Crippen molar-refractivity contribution in [2.24, 2.45) is 5.92 Å². The molecular weight excluding hydrogens is 298 g/mol. The highest BCUT2D eigenvalue weighted by molar-refractivity contribution is 6.30. The third-order valence-corrected chi connectivity index (χ3v) is 4.17. The van der Waals surface area contributed by atoms with E-state index >= 15 is 0 Å². The van der Waals surface area contributed by atoms with Crippen molar-refractivity contribution in [3.8, 4) is 0 Å². The summed E-state index contributed by atoms with van der Waals surface area (Å²) in [5.74, 6) is -0.436. The predicted molar refractivity (Wildman–Crippen MR) is 85.3 cm³/mol. The molecule has 0 aliphatic carbocycles. The Morgan fingerprint density at radius 1 is 0.955 bits per heavy atom. The van der Waals surface area contributed by atoms with Crippen molar-refractivity contribution in [3.05, 3.63) is 70.7 Å². The standard InChI is InChI=1S/C18H16ClNO2/c19-16-8-6-13(7-9-16)10-15-11-17(21)20(18(15)22)12-14-4-2-1-3-5-14/h1-9,15H,10-12H2. The fourth-order valence-electron chi connectivity index (χ4n) is 2.75. The van der Waals surface area contributed by atoms with Crippen LogP contribution in [0.15, 0.2) is 54.6 Å². The lowest BCUT2D eigenvalue weighted by atomic mass is 9.98. The van der Waals surface area contributed by atoms with Gasteiger partial charge < -0.3 is 0 Å². The van der Waals surface area contributed by atoms with E-state index < -0.39 is 0 Å². The van der Waals surface area contributed by atoms with E-state index in [1.165, 1.54) is 4.90 Å². The van der Waals surface area contributed by atoms with Crippen LogP contribution in [-0.4, -0.2) is 16.7 Å². The Labute approximate surface area is 134 Å². The number of carbonyl (C=O) groups is 2. The summed E-state index contributed by atoms with van der Waals surface area (Å²) >= 11 is 5.86. The van der Waals surface area contributed by atoms with Crippen molar-refractivity contribution in [1.82, 2.24) is 4.90 Å². The second kappa shape index (κ2) is 6.32. The molecule has 2 amide bonds. The van der Waals surface area contributed by atoms with E-state index in [-0.39, 0.29) is 24.2 Å². The van der Waals surface area contributed by atoms with Crippen LogP contribution in [0.3, 0.4) is 0 Å². The molecule has 0 spiro atoms. The first-order valence-electron chi connectivity index (χ1n) is 7.26. The van der Waals surface area contributed by atoms with Crippen LogP contribution in [0.4, 0.5) is 0 Å². The molecule has 1 unspecified atom stereocenters. The lowest BCUT2D eigenvalue weighted by molar-refractivity contribution is -0.140. The van der Waals surface area contributed by atoms with Gasteiger partial charge in [0, 0.05) is 11.4 Å². The third kappa shape index (κ3) is 3.20. The Kier molecular flexibility index (Phi) is 4.25. The summed E-state index contributed by atoms with van der Waals surface area (Å²) < 4.78 is 0. The van der Waals surface area contributed by atoms with Crippen LogP contribution in [0, 0.1) is 5.92 Å². The highest BCUT2D eigenvalue weighted by atomic mass is 35.5. The van der Waals surface area contributed by atoms with Crippen LogP contribution < -0.4 is 0 Å². The minimum absolute atomic E-state index is 0.0798. The summed E-state index contributed by atoms with van der Waals surface area (Å²) in [7, 11) is 0. The van der Waals surface area contributed by atoms with Gasteiger partial charge in [-0.05, 0) is 29.7 Å². The molecule has 1 saturated heterocycles. The van der Waals surface area contributed by atoms with Gasteiger partial charge >= 0.3 is 0 Å². The topological polar surface area (TPSA) is 37.4 Å². The van der Waals surface area contributed by atoms with Gasteiger partial charge in [-0.25, -0.2) is 0 Å². The van der Waals surface area contributed by atoms with Crippen molar-refractivity contribution >= 4 is 23.4 Å². The van der Waals surface area contributed by atoms with E-state index in [1.54, 1.807) is 12.1 Å². The van der Waals surface area contributed by atoms with Gasteiger partial charge in [0.1, 0.15) is 0 Å². The number of likely N-dealkylation sites (tertiary alicyclic amines) is 1. The summed E-state index contributed by atoms with van der Waals surface area (Å²) in [6, 6.07) is 17.0. The number of carbonyl (C=O) groups excluding carboxylic acids is 2. The van der Waals surface area contributed by atoms with Gasteiger partial charge in [-0.1, -0.05) is 54.1 Å². The molecule has 0 saturated carbocycles. The zero-order valence-corrected chi connectivity index (χ0v) is 12.8. The maximum absolute atomic E-state index is 12.5. The van der Waals surface area contributed by atoms with Crippen LogP contribution in [0.5, 0.6) is 0 Å². The summed E-state index contributed by atoms with van der Waals surface area (Å²) in [5.41, 5.74) is 1.99. The fourth-order valence-corrected chi connectivity index (χ4v) is 2.87. The summed E-state index contributed by atoms with van der Waals surface area (Å²) in [5, 5.41) is 0.670. The quantitative estimate of drug-likeness (QED) is 0.811. The first-order valence-corrected chi connectivity index (χ1v) is 7.64. The van der Waals surface area contributed by atoms with E-state index in [9.17, 15) is 9.59 Å². The predicted octanol–water partition coefficient (Wildman–Crippen LogP) is 3.46. The second-order valence-corrected chi connectivity index (χ2v) is 5.97. The van der Waals surface area contributed by atoms with Crippen LogP contribution in [0.1, 0.15) is 17.5 Å². The molecule has 22 heavy (non-hydrogen) atoms. The van der Waals surface area contributed by atoms with E-state index in [4.69, 9.17) is 11.6 Å². The number of rotatable bonds is 4. The van der Waals surface area contributed by atoms with Crippen molar-refractivity contribution in [1.29, 1.82) is 0 Å². The maximum Gasteiger partial charge on any atom is 0.233 e. The zero-order valence-electron chi connectivity index (χ0n) is 12.0. The van der Waals surface area contributed by atoms with Gasteiger partial charge in [0.25, 0.3) is 0 Å². The van der Waals surface area contributed by atoms with E-state index in [2.05, 4.69) is 0 Å². The van der Waals surface area contributed by atoms with Crippen molar-refractivity contribution < 1.29 is 9.59 Å². The largest absolute Gasteiger partial charge is 0.278 e. The number of imide groups is 1. The van der Waals surface area contributed by atoms with Crippen LogP contribution in [0.2, 0.25) is 5.02 Å². The van der Waals surface area contributed by atoms with E-state index in [1.807, 2.05) is 42.5 Å². The normalized spacial score (nSPS) is 18.0. The number of halogens is 1. The number of hydrogen-bond donors (Lipinski definition) is 0. The van der Waals surface area contributed by atoms with Crippen molar-refractivity contribution in [2.45, 2.75) is 19.4 Å². The number of nitrogens with zero attached hydrogens (tertiary/aromatic N) is 1. The Hall–Kier alpha value is -2.13. The average Bonchev–Trinajstić information content (AvgIpc) is 2.78. The first-order chi connectivity index (χ1) is 10.6. The van der Waals surface area contributed by atoms with Crippen LogP contribution in [0.25, 0.3) is 0 Å². The molecular formula is C18H16ClNO2. The Balaban J connectivity index is 1.70. The molecule has 2 aromatic carbocycles. The molecule has 3 nitrogen and oxygen atoms in total. The molecule has 1 atom stereocenters. The van der Waals surface area contributed by atoms with Crippen LogP contribution >= 0.6 is 11.6 Å². The lowest BCUT2D eigenvalue weighted by Gasteiger charge is -2.15. The maximum atomic E-state index is 12.5. The molecule has 4 heteroatoms. The first kappa shape index (κ1) is 14.8. The number of amides is 2. The number of benzene rings is 2. The fraction of sp³-hybridized carbons (Fsp3) is 0.222. The SMILES string of the molecule is O=C1CC(Cc2ccc(Cl)cc2)C(=O)N1Cc1ccccc1. The molecule has 1 aliphatic heterocycles. The molecule has 1 aliphatic rings. The molecule has 1 heterocycles. The zero-order chi connectivity index (χ0) is 15.5. The van der Waals surface area contributed by atoms with E-state index in [0.717, 1.165) is 11.1 Å². The van der Waals surface area contributed by atoms with Gasteiger partial charge in [0.15, 0.2) is 0 Å². The molecule has 2 aromatic rings. The van der Waals surface area contributed by atoms with Crippen molar-refractivity contribution in [2.75, 3.05) is 0 Å². The van der Waals surface area contributed by atoms with Gasteiger partial charge in [0.05, 0.1) is 12.5 Å². The minimum atomic E-state index is -0.266. The highest BCUT2D eigenvalue weighted by Gasteiger charge is 2.38. The monoisotopic (exact) mass is 313 g/mol. The van der Waals surface area contributed by atoms with Gasteiger partial charge in [-0.3, -0.25) is 14.5 Å². The van der Waals surface area contributed by atoms with Gasteiger partial charge in [0.2, 0.25) is 11.8 Å². The summed E-state index contributed by atoms with van der Waals surface area (Å²) in [4.78, 5) is 26.0. The Morgan fingerprint density at radius 3 is 2.32 bits per heavy atom. The molecule has 3 rings (SSSR count). The molecule has 112 valence electrons. The molecule has 0 bridgehead atoms. The third-order valence-electron chi connectivity index (χ3n) is 3.92. The molecule has 1 fully saturated rings. The molecule has 0 radical (unpaired) electrons. The Morgan fingerprint density at radius 2 is 1.64 bits per heavy atom. The van der Waals surface area contributed by atoms with Crippen LogP contribution in [-0.2, 0) is 22.6 Å². The smallest absolute Gasteiger partial charge is 0.233 e. The van der Waals surface area contributed by atoms with Crippen molar-refractivity contribution in [3.63, 3.8) is 0 Å². The average molecular weight is 314 g/mol. The lowest BCUT2D eigenvalue weighted by Crippen LogP contribution is -2.30. The van der Waals surface area contributed by atoms with E-state index in [0.29, 0.717) is 18.0 Å². The minimum Gasteiger partial charge on any atom is -0.278 e. The number of hydrogen-bond acceptors (Lipinski definition) is 2. The highest BCUT2D eigenvalue weighted by Crippen LogP contribution is 2.25. The summed E-state index contributed by atoms with van der Waals surface area (Å²) in [6.07, 6.45) is 0.862. The Bertz CT molecular complexity index is 682. The second-order valence-electron chi connectivity index (χ2n) is 5.54. The summed E-state index contributed by atoms with van der Waals surface area (Å²) in [6.45, 7) is 0.357. The van der Waals surface area contributed by atoms with Gasteiger partial charge in [-0.2, -0.15) is 0 Å². The van der Waals surface area contributed by atoms with Gasteiger partial charge in [-0.15, -0.1) is 0 Å².